The van der Waals surface area contributed by atoms with Gasteiger partial charge in [-0.2, -0.15) is 0 Å². The second-order valence-electron chi connectivity index (χ2n) is 7.43. The van der Waals surface area contributed by atoms with Gasteiger partial charge in [-0.1, -0.05) is 42.6 Å². The maximum atomic E-state index is 11.4. The van der Waals surface area contributed by atoms with Crippen molar-refractivity contribution in [1.82, 2.24) is 15.3 Å². The number of aromatic nitrogens is 2. The van der Waals surface area contributed by atoms with Crippen LogP contribution in [0.2, 0.25) is 0 Å². The molecule has 0 spiro atoms. The number of hydrogen-bond donors (Lipinski definition) is 1. The molecule has 2 heterocycles. The van der Waals surface area contributed by atoms with E-state index < -0.39 is 0 Å². The molecule has 0 aliphatic carbocycles. The lowest BCUT2D eigenvalue weighted by Crippen LogP contribution is -2.36. The van der Waals surface area contributed by atoms with Crippen molar-refractivity contribution in [1.29, 1.82) is 0 Å². The molecule has 32 heavy (non-hydrogen) atoms. The summed E-state index contributed by atoms with van der Waals surface area (Å²) in [5.41, 5.74) is 3.44. The smallest absolute Gasteiger partial charge is 0.243 e. The molecule has 1 aliphatic rings. The molecular weight excluding hydrogens is 420 g/mol. The van der Waals surface area contributed by atoms with Gasteiger partial charge in [0.1, 0.15) is 10.9 Å². The van der Waals surface area contributed by atoms with Crippen molar-refractivity contribution in [2.24, 2.45) is 0 Å². The highest BCUT2D eigenvalue weighted by molar-refractivity contribution is 7.99. The average molecular weight is 447 g/mol. The number of nitrogens with one attached hydrogen (secondary N) is 1. The highest BCUT2D eigenvalue weighted by Crippen LogP contribution is 2.27. The van der Waals surface area contributed by atoms with Crippen LogP contribution in [-0.4, -0.2) is 42.2 Å². The fourth-order valence-electron chi connectivity index (χ4n) is 3.45. The summed E-state index contributed by atoms with van der Waals surface area (Å²) >= 11 is 1.59. The Bertz CT molecular complexity index is 1070. The molecule has 0 unspecified atom stereocenters. The number of benzene rings is 2. The van der Waals surface area contributed by atoms with Crippen LogP contribution in [0.25, 0.3) is 0 Å². The monoisotopic (exact) mass is 446 g/mol. The van der Waals surface area contributed by atoms with Gasteiger partial charge in [-0.25, -0.2) is 9.97 Å². The number of ether oxygens (including phenoxy) is 1. The molecule has 164 valence electrons. The van der Waals surface area contributed by atoms with Gasteiger partial charge in [-0.15, -0.1) is 0 Å². The van der Waals surface area contributed by atoms with Crippen molar-refractivity contribution in [3.63, 3.8) is 0 Å². The first-order chi connectivity index (χ1) is 15.7. The Morgan fingerprint density at radius 3 is 2.72 bits per heavy atom. The zero-order valence-corrected chi connectivity index (χ0v) is 18.7. The molecule has 1 N–H and O–H groups in total. The van der Waals surface area contributed by atoms with Gasteiger partial charge in [-0.3, -0.25) is 4.79 Å². The van der Waals surface area contributed by atoms with Crippen LogP contribution in [0.4, 0.5) is 5.69 Å². The van der Waals surface area contributed by atoms with Gasteiger partial charge in [0.25, 0.3) is 0 Å². The number of anilines is 1. The molecule has 0 bridgehead atoms. The van der Waals surface area contributed by atoms with Crippen molar-refractivity contribution in [2.75, 3.05) is 31.2 Å². The fraction of sp³-hybridized carbons (Fsp3) is 0.240. The lowest BCUT2D eigenvalue weighted by molar-refractivity contribution is -0.116. The summed E-state index contributed by atoms with van der Waals surface area (Å²) < 4.78 is 5.43. The lowest BCUT2D eigenvalue weighted by Gasteiger charge is -2.28. The van der Waals surface area contributed by atoms with E-state index in [0.717, 1.165) is 47.6 Å². The standard InChI is InChI=1S/C25H26N4O2S/c1-2-24(30)27-18-20-4-3-5-22(16-20)32-25-10-11-26-23(28-25)17-19-6-8-21(9-7-19)29-12-14-31-15-13-29/h2-11,16H,1,12-15,17-18H2,(H,27,30). The van der Waals surface area contributed by atoms with Crippen molar-refractivity contribution in [2.45, 2.75) is 22.9 Å². The molecule has 0 saturated carbocycles. The summed E-state index contributed by atoms with van der Waals surface area (Å²) in [4.78, 5) is 24.0. The average Bonchev–Trinajstić information content (AvgIpc) is 2.84. The van der Waals surface area contributed by atoms with E-state index in [1.807, 2.05) is 24.3 Å². The predicted molar refractivity (Wildman–Crippen MR) is 127 cm³/mol. The van der Waals surface area contributed by atoms with E-state index in [4.69, 9.17) is 9.72 Å². The maximum absolute atomic E-state index is 11.4. The van der Waals surface area contributed by atoms with Crippen molar-refractivity contribution >= 4 is 23.4 Å². The van der Waals surface area contributed by atoms with Gasteiger partial charge >= 0.3 is 0 Å². The second-order valence-corrected chi connectivity index (χ2v) is 8.52. The van der Waals surface area contributed by atoms with E-state index in [-0.39, 0.29) is 5.91 Å². The zero-order chi connectivity index (χ0) is 22.2. The SMILES string of the molecule is C=CC(=O)NCc1cccc(Sc2ccnc(Cc3ccc(N4CCOCC4)cc3)n2)c1. The number of morpholine rings is 1. The Hall–Kier alpha value is -3.16. The third-order valence-corrected chi connectivity index (χ3v) is 6.05. The third kappa shape index (κ3) is 6.18. The van der Waals surface area contributed by atoms with Gasteiger partial charge in [0, 0.05) is 42.8 Å². The van der Waals surface area contributed by atoms with Gasteiger partial charge < -0.3 is 15.0 Å². The number of hydrogen-bond acceptors (Lipinski definition) is 6. The Kier molecular flexibility index (Phi) is 7.53. The van der Waals surface area contributed by atoms with Crippen LogP contribution in [0.3, 0.4) is 0 Å². The molecule has 0 atom stereocenters. The van der Waals surface area contributed by atoms with E-state index in [0.29, 0.717) is 13.0 Å². The minimum atomic E-state index is -0.179. The lowest BCUT2D eigenvalue weighted by atomic mass is 10.1. The molecule has 1 saturated heterocycles. The molecule has 1 amide bonds. The Balaban J connectivity index is 1.38. The summed E-state index contributed by atoms with van der Waals surface area (Å²) in [6, 6.07) is 18.6. The summed E-state index contributed by atoms with van der Waals surface area (Å²) in [5, 5.41) is 3.70. The van der Waals surface area contributed by atoms with Crippen LogP contribution in [0.15, 0.2) is 83.4 Å². The second kappa shape index (κ2) is 10.9. The Labute approximate surface area is 192 Å². The van der Waals surface area contributed by atoms with Crippen LogP contribution in [-0.2, 0) is 22.5 Å². The largest absolute Gasteiger partial charge is 0.378 e. The van der Waals surface area contributed by atoms with E-state index in [9.17, 15) is 4.79 Å². The fourth-order valence-corrected chi connectivity index (χ4v) is 4.33. The van der Waals surface area contributed by atoms with Crippen LogP contribution in [0.5, 0.6) is 0 Å². The molecule has 3 aromatic rings. The highest BCUT2D eigenvalue weighted by Gasteiger charge is 2.11. The first-order valence-corrected chi connectivity index (χ1v) is 11.4. The van der Waals surface area contributed by atoms with Crippen LogP contribution in [0.1, 0.15) is 17.0 Å². The van der Waals surface area contributed by atoms with E-state index >= 15 is 0 Å². The van der Waals surface area contributed by atoms with Gasteiger partial charge in [0.15, 0.2) is 0 Å². The van der Waals surface area contributed by atoms with Crippen LogP contribution >= 0.6 is 11.8 Å². The summed E-state index contributed by atoms with van der Waals surface area (Å²) in [6.07, 6.45) is 3.77. The molecule has 1 aromatic heterocycles. The molecule has 4 rings (SSSR count). The topological polar surface area (TPSA) is 67.4 Å². The summed E-state index contributed by atoms with van der Waals surface area (Å²) in [7, 11) is 0. The number of nitrogens with zero attached hydrogens (tertiary/aromatic N) is 3. The van der Waals surface area contributed by atoms with Gasteiger partial charge in [-0.05, 0) is 47.5 Å². The minimum Gasteiger partial charge on any atom is -0.378 e. The van der Waals surface area contributed by atoms with Crippen LogP contribution < -0.4 is 10.2 Å². The predicted octanol–water partition coefficient (Wildman–Crippen LogP) is 3.86. The minimum absolute atomic E-state index is 0.179. The zero-order valence-electron chi connectivity index (χ0n) is 17.9. The quantitative estimate of drug-likeness (QED) is 0.419. The molecule has 2 aromatic carbocycles. The number of rotatable bonds is 8. The van der Waals surface area contributed by atoms with Gasteiger partial charge in [0.05, 0.1) is 13.2 Å². The number of carbonyl (C=O) groups excluding carboxylic acids is 1. The first kappa shape index (κ1) is 22.0. The summed E-state index contributed by atoms with van der Waals surface area (Å²) in [6.45, 7) is 7.38. The van der Waals surface area contributed by atoms with E-state index in [1.165, 1.54) is 17.3 Å². The van der Waals surface area contributed by atoms with E-state index in [1.54, 1.807) is 18.0 Å². The van der Waals surface area contributed by atoms with Gasteiger partial charge in [0.2, 0.25) is 5.91 Å². The highest BCUT2D eigenvalue weighted by atomic mass is 32.2. The normalized spacial score (nSPS) is 13.6. The maximum Gasteiger partial charge on any atom is 0.243 e. The molecule has 1 fully saturated rings. The molecule has 0 radical (unpaired) electrons. The molecule has 7 heteroatoms. The molecule has 1 aliphatic heterocycles. The van der Waals surface area contributed by atoms with Crippen molar-refractivity contribution < 1.29 is 9.53 Å². The van der Waals surface area contributed by atoms with Crippen molar-refractivity contribution in [3.8, 4) is 0 Å². The third-order valence-electron chi connectivity index (χ3n) is 5.13. The Morgan fingerprint density at radius 2 is 1.94 bits per heavy atom. The van der Waals surface area contributed by atoms with E-state index in [2.05, 4.69) is 52.1 Å². The molecular formula is C25H26N4O2S. The van der Waals surface area contributed by atoms with Crippen molar-refractivity contribution in [3.05, 3.63) is 90.4 Å². The first-order valence-electron chi connectivity index (χ1n) is 10.6. The van der Waals surface area contributed by atoms with Crippen LogP contribution in [0, 0.1) is 0 Å². The molecule has 6 nitrogen and oxygen atoms in total. The Morgan fingerprint density at radius 1 is 1.12 bits per heavy atom. The summed E-state index contributed by atoms with van der Waals surface area (Å²) in [5.74, 6) is 0.616. The number of amides is 1. The number of carbonyl (C=O) groups is 1.